The van der Waals surface area contributed by atoms with Crippen LogP contribution in [-0.2, 0) is 4.74 Å². The normalized spacial score (nSPS) is 10.2. The highest BCUT2D eigenvalue weighted by Gasteiger charge is 2.08. The summed E-state index contributed by atoms with van der Waals surface area (Å²) >= 11 is 0. The molecule has 0 aliphatic heterocycles. The van der Waals surface area contributed by atoms with Crippen LogP contribution < -0.4 is 4.90 Å². The maximum absolute atomic E-state index is 11.5. The summed E-state index contributed by atoms with van der Waals surface area (Å²) in [7, 11) is 3.92. The maximum atomic E-state index is 11.5. The summed E-state index contributed by atoms with van der Waals surface area (Å²) in [6, 6.07) is 7.36. The van der Waals surface area contributed by atoms with Crippen molar-refractivity contribution in [2.75, 3.05) is 19.0 Å². The maximum Gasteiger partial charge on any atom is 0.338 e. The minimum Gasteiger partial charge on any atom is -0.459 e. The van der Waals surface area contributed by atoms with Crippen molar-refractivity contribution in [1.29, 1.82) is 0 Å². The molecule has 1 aromatic carbocycles. The molecule has 3 nitrogen and oxygen atoms in total. The van der Waals surface area contributed by atoms with Gasteiger partial charge in [-0.2, -0.15) is 0 Å². The Kier molecular flexibility index (Phi) is 3.72. The SMILES string of the molecule is CC(C)OC(=O)c1ccc(N(C)C)cc1. The van der Waals surface area contributed by atoms with Crippen molar-refractivity contribution < 1.29 is 9.53 Å². The second-order valence-corrected chi connectivity index (χ2v) is 3.90. The molecule has 0 aromatic heterocycles. The number of carbonyl (C=O) groups is 1. The number of rotatable bonds is 3. The molecular weight excluding hydrogens is 190 g/mol. The Balaban J connectivity index is 2.75. The third-order valence-electron chi connectivity index (χ3n) is 1.96. The number of esters is 1. The Labute approximate surface area is 90.7 Å². The molecule has 3 heteroatoms. The molecule has 0 spiro atoms. The van der Waals surface area contributed by atoms with Gasteiger partial charge < -0.3 is 9.64 Å². The number of nitrogens with zero attached hydrogens (tertiary/aromatic N) is 1. The molecule has 0 heterocycles. The topological polar surface area (TPSA) is 29.5 Å². The van der Waals surface area contributed by atoms with E-state index in [1.165, 1.54) is 0 Å². The van der Waals surface area contributed by atoms with E-state index < -0.39 is 0 Å². The third-order valence-corrected chi connectivity index (χ3v) is 1.96. The predicted molar refractivity (Wildman–Crippen MR) is 61.3 cm³/mol. The fraction of sp³-hybridized carbons (Fsp3) is 0.417. The summed E-state index contributed by atoms with van der Waals surface area (Å²) in [6.45, 7) is 3.68. The molecule has 0 N–H and O–H groups in total. The minimum absolute atomic E-state index is 0.0778. The smallest absolute Gasteiger partial charge is 0.338 e. The van der Waals surface area contributed by atoms with Crippen molar-refractivity contribution in [1.82, 2.24) is 0 Å². The van der Waals surface area contributed by atoms with E-state index in [9.17, 15) is 4.79 Å². The van der Waals surface area contributed by atoms with Gasteiger partial charge in [-0.25, -0.2) is 4.79 Å². The molecule has 0 unspecified atom stereocenters. The van der Waals surface area contributed by atoms with Crippen molar-refractivity contribution in [3.05, 3.63) is 29.8 Å². The fourth-order valence-corrected chi connectivity index (χ4v) is 1.18. The van der Waals surface area contributed by atoms with Crippen molar-refractivity contribution in [2.45, 2.75) is 20.0 Å². The molecule has 0 fully saturated rings. The zero-order valence-corrected chi connectivity index (χ0v) is 9.65. The van der Waals surface area contributed by atoms with Crippen LogP contribution in [0.4, 0.5) is 5.69 Å². The zero-order chi connectivity index (χ0) is 11.4. The Morgan fingerprint density at radius 2 is 1.73 bits per heavy atom. The summed E-state index contributed by atoms with van der Waals surface area (Å²) < 4.78 is 5.08. The van der Waals surface area contributed by atoms with Crippen LogP contribution in [0.2, 0.25) is 0 Å². The van der Waals surface area contributed by atoms with Crippen molar-refractivity contribution in [3.63, 3.8) is 0 Å². The predicted octanol–water partition coefficient (Wildman–Crippen LogP) is 2.32. The lowest BCUT2D eigenvalue weighted by Crippen LogP contribution is -2.12. The Morgan fingerprint density at radius 3 is 2.13 bits per heavy atom. The van der Waals surface area contributed by atoms with E-state index in [0.29, 0.717) is 5.56 Å². The quantitative estimate of drug-likeness (QED) is 0.712. The van der Waals surface area contributed by atoms with Crippen LogP contribution in [-0.4, -0.2) is 26.2 Å². The van der Waals surface area contributed by atoms with E-state index >= 15 is 0 Å². The van der Waals surface area contributed by atoms with Gasteiger partial charge in [-0.05, 0) is 38.1 Å². The number of carbonyl (C=O) groups excluding carboxylic acids is 1. The molecule has 0 radical (unpaired) electrons. The van der Waals surface area contributed by atoms with Crippen LogP contribution >= 0.6 is 0 Å². The lowest BCUT2D eigenvalue weighted by atomic mass is 10.2. The molecule has 1 rings (SSSR count). The van der Waals surface area contributed by atoms with E-state index in [0.717, 1.165) is 5.69 Å². The standard InChI is InChI=1S/C12H17NO2/c1-9(2)15-12(14)10-5-7-11(8-6-10)13(3)4/h5-9H,1-4H3. The molecule has 0 amide bonds. The lowest BCUT2D eigenvalue weighted by molar-refractivity contribution is 0.0378. The Morgan fingerprint density at radius 1 is 1.20 bits per heavy atom. The van der Waals surface area contributed by atoms with E-state index in [2.05, 4.69) is 0 Å². The van der Waals surface area contributed by atoms with Crippen molar-refractivity contribution >= 4 is 11.7 Å². The van der Waals surface area contributed by atoms with Gasteiger partial charge in [0.05, 0.1) is 11.7 Å². The van der Waals surface area contributed by atoms with E-state index in [1.54, 1.807) is 12.1 Å². The third kappa shape index (κ3) is 3.27. The molecule has 0 aliphatic carbocycles. The molecule has 15 heavy (non-hydrogen) atoms. The monoisotopic (exact) mass is 207 g/mol. The van der Waals surface area contributed by atoms with Gasteiger partial charge in [-0.3, -0.25) is 0 Å². The average molecular weight is 207 g/mol. The van der Waals surface area contributed by atoms with Gasteiger partial charge in [0.1, 0.15) is 0 Å². The highest BCUT2D eigenvalue weighted by Crippen LogP contribution is 2.13. The molecule has 0 saturated heterocycles. The first-order chi connectivity index (χ1) is 7.00. The number of hydrogen-bond donors (Lipinski definition) is 0. The number of anilines is 1. The number of benzene rings is 1. The van der Waals surface area contributed by atoms with Gasteiger partial charge in [0.15, 0.2) is 0 Å². The summed E-state index contributed by atoms with van der Waals surface area (Å²) in [6.07, 6.45) is -0.0778. The first-order valence-corrected chi connectivity index (χ1v) is 4.99. The van der Waals surface area contributed by atoms with E-state index in [1.807, 2.05) is 45.0 Å². The van der Waals surface area contributed by atoms with Crippen LogP contribution in [0.25, 0.3) is 0 Å². The van der Waals surface area contributed by atoms with Gasteiger partial charge in [0.2, 0.25) is 0 Å². The first kappa shape index (κ1) is 11.6. The molecule has 0 saturated carbocycles. The highest BCUT2D eigenvalue weighted by molar-refractivity contribution is 5.89. The lowest BCUT2D eigenvalue weighted by Gasteiger charge is -2.13. The van der Waals surface area contributed by atoms with Crippen molar-refractivity contribution in [2.24, 2.45) is 0 Å². The molecule has 1 aromatic rings. The van der Waals surface area contributed by atoms with Crippen LogP contribution in [0.5, 0.6) is 0 Å². The van der Waals surface area contributed by atoms with Crippen molar-refractivity contribution in [3.8, 4) is 0 Å². The molecular formula is C12H17NO2. The summed E-state index contributed by atoms with van der Waals surface area (Å²) in [5.41, 5.74) is 1.66. The highest BCUT2D eigenvalue weighted by atomic mass is 16.5. The van der Waals surface area contributed by atoms with E-state index in [-0.39, 0.29) is 12.1 Å². The molecule has 82 valence electrons. The van der Waals surface area contributed by atoms with Crippen LogP contribution in [0.15, 0.2) is 24.3 Å². The Bertz CT molecular complexity index is 328. The second kappa shape index (κ2) is 4.82. The zero-order valence-electron chi connectivity index (χ0n) is 9.65. The second-order valence-electron chi connectivity index (χ2n) is 3.90. The van der Waals surface area contributed by atoms with Gasteiger partial charge in [-0.15, -0.1) is 0 Å². The molecule has 0 atom stereocenters. The van der Waals surface area contributed by atoms with Gasteiger partial charge in [0.25, 0.3) is 0 Å². The summed E-state index contributed by atoms with van der Waals surface area (Å²) in [4.78, 5) is 13.5. The average Bonchev–Trinajstić information content (AvgIpc) is 2.17. The van der Waals surface area contributed by atoms with Crippen LogP contribution in [0.3, 0.4) is 0 Å². The summed E-state index contributed by atoms with van der Waals surface area (Å²) in [5.74, 6) is -0.268. The fourth-order valence-electron chi connectivity index (χ4n) is 1.18. The van der Waals surface area contributed by atoms with Crippen LogP contribution in [0, 0.1) is 0 Å². The number of ether oxygens (including phenoxy) is 1. The largest absolute Gasteiger partial charge is 0.459 e. The van der Waals surface area contributed by atoms with Gasteiger partial charge in [-0.1, -0.05) is 0 Å². The minimum atomic E-state index is -0.268. The van der Waals surface area contributed by atoms with Crippen LogP contribution in [0.1, 0.15) is 24.2 Å². The molecule has 0 aliphatic rings. The Hall–Kier alpha value is -1.51. The first-order valence-electron chi connectivity index (χ1n) is 4.99. The van der Waals surface area contributed by atoms with Gasteiger partial charge in [0, 0.05) is 19.8 Å². The van der Waals surface area contributed by atoms with Gasteiger partial charge >= 0.3 is 5.97 Å². The number of hydrogen-bond acceptors (Lipinski definition) is 3. The molecule has 0 bridgehead atoms. The van der Waals surface area contributed by atoms with E-state index in [4.69, 9.17) is 4.74 Å². The summed E-state index contributed by atoms with van der Waals surface area (Å²) in [5, 5.41) is 0.